The number of hydrogen-bond donors (Lipinski definition) is 0. The van der Waals surface area contributed by atoms with Crippen LogP contribution in [0.3, 0.4) is 0 Å². The van der Waals surface area contributed by atoms with Crippen molar-refractivity contribution in [2.24, 2.45) is 0 Å². The Balaban J connectivity index is 1.39. The van der Waals surface area contributed by atoms with Gasteiger partial charge in [-0.05, 0) is 48.6 Å². The van der Waals surface area contributed by atoms with E-state index in [-0.39, 0.29) is 11.6 Å². The highest BCUT2D eigenvalue weighted by molar-refractivity contribution is 7.98. The fraction of sp³-hybridized carbons (Fsp3) is 0.263. The Morgan fingerprint density at radius 3 is 2.82 bits per heavy atom. The molecule has 0 bridgehead atoms. The molecule has 0 N–H and O–H groups in total. The molecule has 0 aliphatic heterocycles. The molecule has 9 heteroatoms. The molecule has 7 nitrogen and oxygen atoms in total. The lowest BCUT2D eigenvalue weighted by molar-refractivity contribution is 0.391. The van der Waals surface area contributed by atoms with Gasteiger partial charge in [0.05, 0.1) is 18.4 Å². The van der Waals surface area contributed by atoms with Crippen LogP contribution in [0.1, 0.15) is 24.8 Å². The summed E-state index contributed by atoms with van der Waals surface area (Å²) in [6.07, 6.45) is 2.04. The summed E-state index contributed by atoms with van der Waals surface area (Å²) in [6, 6.07) is 9.63. The molecule has 0 spiro atoms. The molecule has 0 unspecified atom stereocenters. The quantitative estimate of drug-likeness (QED) is 0.348. The van der Waals surface area contributed by atoms with Crippen molar-refractivity contribution in [2.45, 2.75) is 29.8 Å². The van der Waals surface area contributed by atoms with Gasteiger partial charge in [0.1, 0.15) is 10.4 Å². The van der Waals surface area contributed by atoms with E-state index < -0.39 is 0 Å². The Labute approximate surface area is 168 Å². The molecule has 1 fully saturated rings. The van der Waals surface area contributed by atoms with Crippen molar-refractivity contribution in [1.29, 1.82) is 0 Å². The average Bonchev–Trinajstić information content (AvgIpc) is 3.25. The third-order valence-electron chi connectivity index (χ3n) is 4.53. The number of ether oxygens (including phenoxy) is 1. The minimum absolute atomic E-state index is 0.0504. The molecule has 3 aromatic heterocycles. The van der Waals surface area contributed by atoms with Gasteiger partial charge in [0.25, 0.3) is 5.56 Å². The van der Waals surface area contributed by atoms with Gasteiger partial charge < -0.3 is 9.26 Å². The molecule has 5 rings (SSSR count). The maximum atomic E-state index is 12.8. The van der Waals surface area contributed by atoms with Crippen LogP contribution in [0.5, 0.6) is 5.75 Å². The summed E-state index contributed by atoms with van der Waals surface area (Å²) in [6.45, 7) is 0. The molecule has 0 atom stereocenters. The molecule has 1 aliphatic rings. The van der Waals surface area contributed by atoms with Gasteiger partial charge in [0.2, 0.25) is 11.7 Å². The van der Waals surface area contributed by atoms with Crippen molar-refractivity contribution < 1.29 is 9.26 Å². The smallest absolute Gasteiger partial charge is 0.272 e. The van der Waals surface area contributed by atoms with Crippen LogP contribution in [0.2, 0.25) is 0 Å². The molecular formula is C19H16N4O3S2. The van der Waals surface area contributed by atoms with E-state index in [1.165, 1.54) is 23.1 Å². The number of thioether (sulfide) groups is 1. The normalized spacial score (nSPS) is 13.9. The number of aromatic nitrogens is 4. The predicted molar refractivity (Wildman–Crippen MR) is 108 cm³/mol. The number of hydrogen-bond acceptors (Lipinski definition) is 8. The highest BCUT2D eigenvalue weighted by Crippen LogP contribution is 2.37. The topological polar surface area (TPSA) is 83.0 Å². The summed E-state index contributed by atoms with van der Waals surface area (Å²) >= 11 is 2.90. The van der Waals surface area contributed by atoms with Gasteiger partial charge >= 0.3 is 0 Å². The summed E-state index contributed by atoms with van der Waals surface area (Å²) in [5.74, 6) is 2.26. The molecule has 0 amide bonds. The Morgan fingerprint density at radius 1 is 1.25 bits per heavy atom. The standard InChI is InChI=1S/C19H16N4O3S2/c1-25-13-6-2-11(3-7-13)17-21-15(26-22-17)10-28-19-20-14-8-9-27-16(14)18(24)23(19)12-4-5-12/h2-3,6-9,12H,4-5,10H2,1H3. The van der Waals surface area contributed by atoms with E-state index in [4.69, 9.17) is 9.26 Å². The highest BCUT2D eigenvalue weighted by Gasteiger charge is 2.29. The minimum atomic E-state index is 0.0504. The van der Waals surface area contributed by atoms with E-state index in [9.17, 15) is 4.79 Å². The summed E-state index contributed by atoms with van der Waals surface area (Å²) in [5, 5.41) is 6.67. The molecule has 1 aromatic carbocycles. The van der Waals surface area contributed by atoms with Crippen LogP contribution in [0.25, 0.3) is 21.6 Å². The van der Waals surface area contributed by atoms with E-state index in [1.807, 2.05) is 40.3 Å². The molecule has 0 radical (unpaired) electrons. The van der Waals surface area contributed by atoms with Crippen molar-refractivity contribution in [1.82, 2.24) is 19.7 Å². The SMILES string of the molecule is COc1ccc(-c2noc(CSc3nc4ccsc4c(=O)n3C3CC3)n2)cc1. The van der Waals surface area contributed by atoms with Crippen molar-refractivity contribution in [3.05, 3.63) is 52.0 Å². The van der Waals surface area contributed by atoms with E-state index in [0.29, 0.717) is 22.6 Å². The number of rotatable bonds is 6. The first-order valence-corrected chi connectivity index (χ1v) is 10.7. The van der Waals surface area contributed by atoms with Crippen molar-refractivity contribution >= 4 is 33.3 Å². The zero-order valence-electron chi connectivity index (χ0n) is 15.0. The fourth-order valence-electron chi connectivity index (χ4n) is 2.96. The molecule has 4 aromatic rings. The second-order valence-corrected chi connectivity index (χ2v) is 8.32. The number of fused-ring (bicyclic) bond motifs is 1. The average molecular weight is 412 g/mol. The van der Waals surface area contributed by atoms with E-state index in [2.05, 4.69) is 15.1 Å². The molecule has 142 valence electrons. The zero-order chi connectivity index (χ0) is 19.1. The van der Waals surface area contributed by atoms with Crippen LogP contribution < -0.4 is 10.3 Å². The Bertz CT molecular complexity index is 1190. The van der Waals surface area contributed by atoms with Gasteiger partial charge in [-0.3, -0.25) is 9.36 Å². The Morgan fingerprint density at radius 2 is 2.07 bits per heavy atom. The minimum Gasteiger partial charge on any atom is -0.497 e. The van der Waals surface area contributed by atoms with Gasteiger partial charge in [-0.15, -0.1) is 11.3 Å². The largest absolute Gasteiger partial charge is 0.497 e. The third kappa shape index (κ3) is 3.20. The third-order valence-corrected chi connectivity index (χ3v) is 6.36. The molecule has 0 saturated heterocycles. The van der Waals surface area contributed by atoms with Crippen LogP contribution in [-0.4, -0.2) is 26.8 Å². The van der Waals surface area contributed by atoms with Gasteiger partial charge in [0.15, 0.2) is 5.16 Å². The number of benzene rings is 1. The van der Waals surface area contributed by atoms with E-state index in [1.54, 1.807) is 7.11 Å². The van der Waals surface area contributed by atoms with Gasteiger partial charge in [-0.25, -0.2) is 4.98 Å². The lowest BCUT2D eigenvalue weighted by Crippen LogP contribution is -2.21. The first kappa shape index (κ1) is 17.4. The molecule has 1 saturated carbocycles. The highest BCUT2D eigenvalue weighted by atomic mass is 32.2. The van der Waals surface area contributed by atoms with Crippen LogP contribution >= 0.6 is 23.1 Å². The van der Waals surface area contributed by atoms with Crippen LogP contribution in [-0.2, 0) is 5.75 Å². The second-order valence-electron chi connectivity index (χ2n) is 6.46. The van der Waals surface area contributed by atoms with Crippen LogP contribution in [0.4, 0.5) is 0 Å². The fourth-order valence-corrected chi connectivity index (χ4v) is 4.63. The lowest BCUT2D eigenvalue weighted by Gasteiger charge is -2.09. The Hall–Kier alpha value is -2.65. The number of methoxy groups -OCH3 is 1. The summed E-state index contributed by atoms with van der Waals surface area (Å²) in [4.78, 5) is 22.0. The number of thiophene rings is 1. The number of nitrogens with zero attached hydrogens (tertiary/aromatic N) is 4. The monoisotopic (exact) mass is 412 g/mol. The van der Waals surface area contributed by atoms with Crippen LogP contribution in [0, 0.1) is 0 Å². The molecule has 3 heterocycles. The van der Waals surface area contributed by atoms with E-state index >= 15 is 0 Å². The van der Waals surface area contributed by atoms with Crippen molar-refractivity contribution in [2.75, 3.05) is 7.11 Å². The maximum absolute atomic E-state index is 12.8. The maximum Gasteiger partial charge on any atom is 0.272 e. The lowest BCUT2D eigenvalue weighted by atomic mass is 10.2. The van der Waals surface area contributed by atoms with Gasteiger partial charge in [-0.1, -0.05) is 16.9 Å². The zero-order valence-corrected chi connectivity index (χ0v) is 16.6. The molecule has 28 heavy (non-hydrogen) atoms. The van der Waals surface area contributed by atoms with Gasteiger partial charge in [0, 0.05) is 11.6 Å². The molecular weight excluding hydrogens is 396 g/mol. The second kappa shape index (κ2) is 7.06. The summed E-state index contributed by atoms with van der Waals surface area (Å²) in [5.41, 5.74) is 1.65. The predicted octanol–water partition coefficient (Wildman–Crippen LogP) is 4.14. The molecule has 1 aliphatic carbocycles. The van der Waals surface area contributed by atoms with Crippen LogP contribution in [0.15, 0.2) is 50.2 Å². The first-order valence-electron chi connectivity index (χ1n) is 8.82. The van der Waals surface area contributed by atoms with Crippen molar-refractivity contribution in [3.63, 3.8) is 0 Å². The van der Waals surface area contributed by atoms with E-state index in [0.717, 1.165) is 34.4 Å². The first-order chi connectivity index (χ1) is 13.7. The Kier molecular flexibility index (Phi) is 4.40. The van der Waals surface area contributed by atoms with Gasteiger partial charge in [-0.2, -0.15) is 4.98 Å². The van der Waals surface area contributed by atoms with Crippen molar-refractivity contribution in [3.8, 4) is 17.1 Å². The summed E-state index contributed by atoms with van der Waals surface area (Å²) < 4.78 is 13.1. The summed E-state index contributed by atoms with van der Waals surface area (Å²) in [7, 11) is 1.63.